The van der Waals surface area contributed by atoms with Crippen molar-refractivity contribution in [2.24, 2.45) is 11.8 Å². The average Bonchev–Trinajstić information content (AvgIpc) is 3.10. The Hall–Kier alpha value is -2.14. The Morgan fingerprint density at radius 3 is 2.62 bits per heavy atom. The van der Waals surface area contributed by atoms with Crippen molar-refractivity contribution in [1.82, 2.24) is 15.8 Å². The minimum absolute atomic E-state index is 0.135. The Morgan fingerprint density at radius 2 is 1.97 bits per heavy atom. The van der Waals surface area contributed by atoms with Gasteiger partial charge in [0, 0.05) is 24.1 Å². The first-order valence-electron chi connectivity index (χ1n) is 10.8. The van der Waals surface area contributed by atoms with Gasteiger partial charge in [-0.1, -0.05) is 50.2 Å². The third-order valence-corrected chi connectivity index (χ3v) is 5.73. The van der Waals surface area contributed by atoms with E-state index >= 15 is 0 Å². The molecule has 2 aromatic rings. The van der Waals surface area contributed by atoms with E-state index < -0.39 is 0 Å². The maximum Gasteiger partial charge on any atom is 0.220 e. The van der Waals surface area contributed by atoms with Gasteiger partial charge in [0.1, 0.15) is 0 Å². The van der Waals surface area contributed by atoms with Gasteiger partial charge in [-0.15, -0.1) is 0 Å². The number of nitrogens with zero attached hydrogens (tertiary/aromatic N) is 1. The number of hydrogen-bond donors (Lipinski definition) is 2. The first-order valence-corrected chi connectivity index (χ1v) is 10.8. The van der Waals surface area contributed by atoms with Crippen molar-refractivity contribution in [1.29, 1.82) is 0 Å². The Morgan fingerprint density at radius 1 is 1.24 bits per heavy atom. The molecule has 2 N–H and O–H groups in total. The highest BCUT2D eigenvalue weighted by molar-refractivity contribution is 5.76. The Balaban J connectivity index is 1.65. The standard InChI is InChI=1S/C24H35N3O2/c1-16(2)26-23(28)13-18-10-11-25-15-19(18)12-21-14-22(29-27-21)17-6-8-20(9-7-17)24(3,4)5/h6-9,14,16,18-19,25H,10-13,15H2,1-5H3,(H,26,28)/t18-,19+/m1/s1. The van der Waals surface area contributed by atoms with Crippen molar-refractivity contribution >= 4 is 5.91 Å². The van der Waals surface area contributed by atoms with E-state index in [9.17, 15) is 4.79 Å². The van der Waals surface area contributed by atoms with Crippen LogP contribution >= 0.6 is 0 Å². The fourth-order valence-corrected chi connectivity index (χ4v) is 4.05. The molecular formula is C24H35N3O2. The molecule has 0 unspecified atom stereocenters. The predicted molar refractivity (Wildman–Crippen MR) is 117 cm³/mol. The normalized spacial score (nSPS) is 20.1. The number of rotatable bonds is 6. The van der Waals surface area contributed by atoms with E-state index in [4.69, 9.17) is 4.52 Å². The van der Waals surface area contributed by atoms with E-state index in [0.29, 0.717) is 18.3 Å². The summed E-state index contributed by atoms with van der Waals surface area (Å²) in [4.78, 5) is 12.2. The van der Waals surface area contributed by atoms with Crippen molar-refractivity contribution in [3.05, 3.63) is 41.6 Å². The van der Waals surface area contributed by atoms with Crippen molar-refractivity contribution in [3.63, 3.8) is 0 Å². The second-order valence-corrected chi connectivity index (χ2v) is 9.65. The lowest BCUT2D eigenvalue weighted by atomic mass is 9.81. The van der Waals surface area contributed by atoms with Crippen LogP contribution in [0.1, 0.15) is 58.7 Å². The van der Waals surface area contributed by atoms with Crippen LogP contribution < -0.4 is 10.6 Å². The quantitative estimate of drug-likeness (QED) is 0.762. The Kier molecular flexibility index (Phi) is 6.78. The lowest BCUT2D eigenvalue weighted by Gasteiger charge is -2.31. The number of nitrogens with one attached hydrogen (secondary N) is 2. The molecule has 0 saturated carbocycles. The molecule has 1 aliphatic rings. The minimum Gasteiger partial charge on any atom is -0.356 e. The Labute approximate surface area is 174 Å². The molecule has 2 atom stereocenters. The highest BCUT2D eigenvalue weighted by atomic mass is 16.5. The van der Waals surface area contributed by atoms with Gasteiger partial charge in [0.05, 0.1) is 5.69 Å². The summed E-state index contributed by atoms with van der Waals surface area (Å²) in [6.45, 7) is 12.5. The van der Waals surface area contributed by atoms with Gasteiger partial charge < -0.3 is 15.2 Å². The molecule has 5 nitrogen and oxygen atoms in total. The molecule has 1 aromatic carbocycles. The SMILES string of the molecule is CC(C)NC(=O)C[C@H]1CCNC[C@@H]1Cc1cc(-c2ccc(C(C)(C)C)cc2)on1. The molecule has 1 amide bonds. The van der Waals surface area contributed by atoms with Gasteiger partial charge >= 0.3 is 0 Å². The molecule has 0 bridgehead atoms. The number of aromatic nitrogens is 1. The third-order valence-electron chi connectivity index (χ3n) is 5.73. The summed E-state index contributed by atoms with van der Waals surface area (Å²) in [6, 6.07) is 10.8. The zero-order valence-corrected chi connectivity index (χ0v) is 18.4. The lowest BCUT2D eigenvalue weighted by Crippen LogP contribution is -2.41. The highest BCUT2D eigenvalue weighted by Gasteiger charge is 2.28. The molecule has 1 fully saturated rings. The van der Waals surface area contributed by atoms with E-state index in [1.54, 1.807) is 0 Å². The van der Waals surface area contributed by atoms with E-state index in [1.807, 2.05) is 19.9 Å². The number of carbonyl (C=O) groups excluding carboxylic acids is 1. The summed E-state index contributed by atoms with van der Waals surface area (Å²) in [5.74, 6) is 1.72. The first-order chi connectivity index (χ1) is 13.7. The second-order valence-electron chi connectivity index (χ2n) is 9.65. The monoisotopic (exact) mass is 397 g/mol. The van der Waals surface area contributed by atoms with Crippen LogP contribution in [-0.2, 0) is 16.6 Å². The van der Waals surface area contributed by atoms with Crippen LogP contribution in [0, 0.1) is 11.8 Å². The van der Waals surface area contributed by atoms with Crippen LogP contribution in [0.15, 0.2) is 34.9 Å². The molecule has 5 heteroatoms. The number of hydrogen-bond acceptors (Lipinski definition) is 4. The average molecular weight is 398 g/mol. The van der Waals surface area contributed by atoms with E-state index in [1.165, 1.54) is 5.56 Å². The second kappa shape index (κ2) is 9.12. The maximum absolute atomic E-state index is 12.2. The van der Waals surface area contributed by atoms with Crippen LogP contribution in [0.5, 0.6) is 0 Å². The molecule has 1 aromatic heterocycles. The van der Waals surface area contributed by atoms with E-state index in [2.05, 4.69) is 60.8 Å². The molecule has 1 aliphatic heterocycles. The van der Waals surface area contributed by atoms with Gasteiger partial charge in [0.25, 0.3) is 0 Å². The summed E-state index contributed by atoms with van der Waals surface area (Å²) in [5, 5.41) is 10.8. The van der Waals surface area contributed by atoms with Crippen LogP contribution in [0.2, 0.25) is 0 Å². The van der Waals surface area contributed by atoms with Crippen molar-refractivity contribution < 1.29 is 9.32 Å². The van der Waals surface area contributed by atoms with Gasteiger partial charge in [-0.25, -0.2) is 0 Å². The van der Waals surface area contributed by atoms with Gasteiger partial charge in [-0.2, -0.15) is 0 Å². The van der Waals surface area contributed by atoms with Crippen molar-refractivity contribution in [2.45, 2.75) is 65.3 Å². The summed E-state index contributed by atoms with van der Waals surface area (Å²) in [7, 11) is 0. The number of amides is 1. The zero-order chi connectivity index (χ0) is 21.0. The van der Waals surface area contributed by atoms with Crippen LogP contribution in [0.3, 0.4) is 0 Å². The summed E-state index contributed by atoms with van der Waals surface area (Å²) in [5.41, 5.74) is 3.45. The number of benzene rings is 1. The number of piperidine rings is 1. The van der Waals surface area contributed by atoms with Gasteiger partial charge in [0.2, 0.25) is 5.91 Å². The highest BCUT2D eigenvalue weighted by Crippen LogP contribution is 2.29. The summed E-state index contributed by atoms with van der Waals surface area (Å²) >= 11 is 0. The predicted octanol–water partition coefficient (Wildman–Crippen LogP) is 4.32. The largest absolute Gasteiger partial charge is 0.356 e. The van der Waals surface area contributed by atoms with Gasteiger partial charge in [0.15, 0.2) is 5.76 Å². The zero-order valence-electron chi connectivity index (χ0n) is 18.4. The van der Waals surface area contributed by atoms with Crippen molar-refractivity contribution in [2.75, 3.05) is 13.1 Å². The van der Waals surface area contributed by atoms with Gasteiger partial charge in [-0.05, 0) is 62.6 Å². The minimum atomic E-state index is 0.135. The molecule has 29 heavy (non-hydrogen) atoms. The molecular weight excluding hydrogens is 362 g/mol. The van der Waals surface area contributed by atoms with Gasteiger partial charge in [-0.3, -0.25) is 4.79 Å². The molecule has 0 radical (unpaired) electrons. The fraction of sp³-hybridized carbons (Fsp3) is 0.583. The van der Waals surface area contributed by atoms with Crippen LogP contribution in [0.25, 0.3) is 11.3 Å². The summed E-state index contributed by atoms with van der Waals surface area (Å²) < 4.78 is 5.64. The molecule has 3 rings (SSSR count). The summed E-state index contributed by atoms with van der Waals surface area (Å²) in [6.07, 6.45) is 2.44. The number of carbonyl (C=O) groups is 1. The molecule has 0 spiro atoms. The third kappa shape index (κ3) is 5.92. The molecule has 0 aliphatic carbocycles. The topological polar surface area (TPSA) is 67.2 Å². The van der Waals surface area contributed by atoms with Crippen molar-refractivity contribution in [3.8, 4) is 11.3 Å². The molecule has 2 heterocycles. The van der Waals surface area contributed by atoms with E-state index in [-0.39, 0.29) is 17.4 Å². The molecule has 158 valence electrons. The van der Waals surface area contributed by atoms with Crippen LogP contribution in [-0.4, -0.2) is 30.2 Å². The first kappa shape index (κ1) is 21.6. The lowest BCUT2D eigenvalue weighted by molar-refractivity contribution is -0.123. The smallest absolute Gasteiger partial charge is 0.220 e. The Bertz CT molecular complexity index is 802. The maximum atomic E-state index is 12.2. The van der Waals surface area contributed by atoms with Crippen LogP contribution in [0.4, 0.5) is 0 Å². The molecule has 1 saturated heterocycles. The van der Waals surface area contributed by atoms with E-state index in [0.717, 1.165) is 42.9 Å². The fourth-order valence-electron chi connectivity index (χ4n) is 4.05.